The fourth-order valence-electron chi connectivity index (χ4n) is 5.58. The summed E-state index contributed by atoms with van der Waals surface area (Å²) in [5.74, 6) is -0.0404. The van der Waals surface area contributed by atoms with E-state index in [0.717, 1.165) is 44.9 Å². The van der Waals surface area contributed by atoms with E-state index >= 15 is 0 Å². The molecule has 2 fully saturated rings. The third kappa shape index (κ3) is 5.59. The van der Waals surface area contributed by atoms with Gasteiger partial charge >= 0.3 is 0 Å². The van der Waals surface area contributed by atoms with E-state index in [4.69, 9.17) is 0 Å². The van der Waals surface area contributed by atoms with Gasteiger partial charge in [0.25, 0.3) is 5.91 Å². The van der Waals surface area contributed by atoms with E-state index in [1.165, 1.54) is 31.2 Å². The Morgan fingerprint density at radius 2 is 1.41 bits per heavy atom. The van der Waals surface area contributed by atoms with Gasteiger partial charge in [-0.25, -0.2) is 0 Å². The Kier molecular flexibility index (Phi) is 7.62. The van der Waals surface area contributed by atoms with Gasteiger partial charge in [-0.3, -0.25) is 9.59 Å². The van der Waals surface area contributed by atoms with Crippen molar-refractivity contribution in [2.45, 2.75) is 82.2 Å². The number of rotatable bonds is 7. The minimum atomic E-state index is -0.323. The molecule has 32 heavy (non-hydrogen) atoms. The molecule has 0 saturated heterocycles. The van der Waals surface area contributed by atoms with Gasteiger partial charge in [0.05, 0.1) is 0 Å². The first-order valence-electron chi connectivity index (χ1n) is 12.4. The number of nitrogens with zero attached hydrogens (tertiary/aromatic N) is 1. The Labute approximate surface area is 192 Å². The predicted molar refractivity (Wildman–Crippen MR) is 128 cm³/mol. The van der Waals surface area contributed by atoms with Gasteiger partial charge < -0.3 is 10.2 Å². The molecule has 2 aromatic carbocycles. The number of hydrogen-bond donors (Lipinski definition) is 1. The molecule has 0 aromatic heterocycles. The third-order valence-electron chi connectivity index (χ3n) is 7.27. The number of benzene rings is 2. The van der Waals surface area contributed by atoms with E-state index in [-0.39, 0.29) is 29.9 Å². The maximum atomic E-state index is 13.8. The molecule has 0 spiro atoms. The minimum absolute atomic E-state index is 0.0146. The molecular formula is C28H36N2O2. The van der Waals surface area contributed by atoms with Crippen LogP contribution in [0.25, 0.3) is 0 Å². The van der Waals surface area contributed by atoms with E-state index in [1.807, 2.05) is 41.3 Å². The second-order valence-corrected chi connectivity index (χ2v) is 9.61. The standard InChI is InChI=1S/C28H36N2O2/c31-26(29-25-17-9-3-10-18-25)22-30(27(32)24-15-7-2-8-16-24)28(19-11-4-12-20-28)21-23-13-5-1-6-14-23/h1-2,5-8,13-16,25H,3-4,9-12,17-22H2,(H,29,31). The number of amides is 2. The van der Waals surface area contributed by atoms with Gasteiger partial charge in [0.1, 0.15) is 6.54 Å². The Morgan fingerprint density at radius 1 is 0.812 bits per heavy atom. The van der Waals surface area contributed by atoms with Crippen molar-refractivity contribution in [2.24, 2.45) is 0 Å². The molecule has 2 saturated carbocycles. The highest BCUT2D eigenvalue weighted by atomic mass is 16.2. The highest BCUT2D eigenvalue weighted by Gasteiger charge is 2.42. The lowest BCUT2D eigenvalue weighted by Gasteiger charge is -2.47. The Hall–Kier alpha value is -2.62. The van der Waals surface area contributed by atoms with Gasteiger partial charge in [-0.1, -0.05) is 87.1 Å². The Bertz CT molecular complexity index is 869. The van der Waals surface area contributed by atoms with Crippen LogP contribution in [0.15, 0.2) is 60.7 Å². The molecule has 2 aliphatic rings. The lowest BCUT2D eigenvalue weighted by atomic mass is 9.75. The lowest BCUT2D eigenvalue weighted by Crippen LogP contribution is -2.58. The first kappa shape index (κ1) is 22.6. The molecule has 4 rings (SSSR count). The van der Waals surface area contributed by atoms with Crippen molar-refractivity contribution in [1.29, 1.82) is 0 Å². The van der Waals surface area contributed by atoms with Gasteiger partial charge in [-0.05, 0) is 49.8 Å². The van der Waals surface area contributed by atoms with Crippen LogP contribution in [0.1, 0.15) is 80.1 Å². The maximum absolute atomic E-state index is 13.8. The molecule has 0 atom stereocenters. The number of carbonyl (C=O) groups excluding carboxylic acids is 2. The summed E-state index contributed by atoms with van der Waals surface area (Å²) in [6.45, 7) is 0.136. The molecular weight excluding hydrogens is 396 g/mol. The first-order chi connectivity index (χ1) is 15.7. The molecule has 1 N–H and O–H groups in total. The second kappa shape index (κ2) is 10.8. The van der Waals surface area contributed by atoms with Crippen LogP contribution in [0, 0.1) is 0 Å². The third-order valence-corrected chi connectivity index (χ3v) is 7.27. The van der Waals surface area contributed by atoms with Crippen molar-refractivity contribution in [3.8, 4) is 0 Å². The summed E-state index contributed by atoms with van der Waals surface area (Å²) in [6, 6.07) is 20.2. The summed E-state index contributed by atoms with van der Waals surface area (Å²) in [7, 11) is 0. The lowest BCUT2D eigenvalue weighted by molar-refractivity contribution is -0.124. The van der Waals surface area contributed by atoms with Crippen LogP contribution in [-0.4, -0.2) is 34.8 Å². The van der Waals surface area contributed by atoms with Gasteiger partial charge in [0.15, 0.2) is 0 Å². The summed E-state index contributed by atoms with van der Waals surface area (Å²) in [5.41, 5.74) is 1.57. The number of carbonyl (C=O) groups is 2. The highest BCUT2D eigenvalue weighted by Crippen LogP contribution is 2.37. The number of hydrogen-bond acceptors (Lipinski definition) is 2. The average molecular weight is 433 g/mol. The van der Waals surface area contributed by atoms with Crippen LogP contribution >= 0.6 is 0 Å². The van der Waals surface area contributed by atoms with Crippen molar-refractivity contribution in [1.82, 2.24) is 10.2 Å². The van der Waals surface area contributed by atoms with Gasteiger partial charge in [0.2, 0.25) is 5.91 Å². The molecule has 0 unspecified atom stereocenters. The molecule has 2 aromatic rings. The van der Waals surface area contributed by atoms with Crippen molar-refractivity contribution in [2.75, 3.05) is 6.54 Å². The predicted octanol–water partition coefficient (Wildman–Crippen LogP) is 5.52. The first-order valence-corrected chi connectivity index (χ1v) is 12.4. The summed E-state index contributed by atoms with van der Waals surface area (Å²) < 4.78 is 0. The Morgan fingerprint density at radius 3 is 2.06 bits per heavy atom. The average Bonchev–Trinajstić information content (AvgIpc) is 2.84. The van der Waals surface area contributed by atoms with Gasteiger partial charge in [0, 0.05) is 17.1 Å². The van der Waals surface area contributed by atoms with Gasteiger partial charge in [-0.15, -0.1) is 0 Å². The SMILES string of the molecule is O=C(CN(C(=O)c1ccccc1)C1(Cc2ccccc2)CCCCC1)NC1CCCCC1. The smallest absolute Gasteiger partial charge is 0.254 e. The summed E-state index contributed by atoms with van der Waals surface area (Å²) >= 11 is 0. The van der Waals surface area contributed by atoms with Crippen LogP contribution in [0.2, 0.25) is 0 Å². The molecule has 170 valence electrons. The van der Waals surface area contributed by atoms with E-state index in [1.54, 1.807) is 0 Å². The van der Waals surface area contributed by atoms with E-state index in [0.29, 0.717) is 5.56 Å². The molecule has 0 heterocycles. The van der Waals surface area contributed by atoms with Gasteiger partial charge in [-0.2, -0.15) is 0 Å². The van der Waals surface area contributed by atoms with E-state index in [2.05, 4.69) is 29.6 Å². The minimum Gasteiger partial charge on any atom is -0.352 e. The summed E-state index contributed by atoms with van der Waals surface area (Å²) in [5, 5.41) is 3.24. The van der Waals surface area contributed by atoms with Crippen LogP contribution in [-0.2, 0) is 11.2 Å². The molecule has 0 aliphatic heterocycles. The largest absolute Gasteiger partial charge is 0.352 e. The van der Waals surface area contributed by atoms with Crippen LogP contribution in [0.5, 0.6) is 0 Å². The molecule has 0 bridgehead atoms. The quantitative estimate of drug-likeness (QED) is 0.626. The zero-order valence-electron chi connectivity index (χ0n) is 19.1. The van der Waals surface area contributed by atoms with E-state index in [9.17, 15) is 9.59 Å². The van der Waals surface area contributed by atoms with Crippen LogP contribution < -0.4 is 5.32 Å². The van der Waals surface area contributed by atoms with Crippen LogP contribution in [0.4, 0.5) is 0 Å². The molecule has 4 heteroatoms. The second-order valence-electron chi connectivity index (χ2n) is 9.61. The molecule has 4 nitrogen and oxygen atoms in total. The van der Waals surface area contributed by atoms with Crippen LogP contribution in [0.3, 0.4) is 0 Å². The molecule has 2 amide bonds. The normalized spacial score (nSPS) is 18.6. The highest BCUT2D eigenvalue weighted by molar-refractivity contribution is 5.97. The fraction of sp³-hybridized carbons (Fsp3) is 0.500. The van der Waals surface area contributed by atoms with Crippen molar-refractivity contribution in [3.05, 3.63) is 71.8 Å². The molecule has 0 radical (unpaired) electrons. The molecule has 2 aliphatic carbocycles. The summed E-state index contributed by atoms with van der Waals surface area (Å²) in [4.78, 5) is 28.9. The fourth-order valence-corrected chi connectivity index (χ4v) is 5.58. The monoisotopic (exact) mass is 432 g/mol. The zero-order chi connectivity index (χ0) is 22.2. The van der Waals surface area contributed by atoms with Crippen molar-refractivity contribution >= 4 is 11.8 Å². The summed E-state index contributed by atoms with van der Waals surface area (Å²) in [6.07, 6.45) is 11.8. The van der Waals surface area contributed by atoms with Crippen molar-refractivity contribution < 1.29 is 9.59 Å². The topological polar surface area (TPSA) is 49.4 Å². The van der Waals surface area contributed by atoms with Crippen molar-refractivity contribution in [3.63, 3.8) is 0 Å². The number of nitrogens with one attached hydrogen (secondary N) is 1. The Balaban J connectivity index is 1.62. The van der Waals surface area contributed by atoms with E-state index < -0.39 is 0 Å². The zero-order valence-corrected chi connectivity index (χ0v) is 19.1. The maximum Gasteiger partial charge on any atom is 0.254 e.